The predicted octanol–water partition coefficient (Wildman–Crippen LogP) is 2.74. The topological polar surface area (TPSA) is 68.3 Å². The number of sulfone groups is 1. The highest BCUT2D eigenvalue weighted by Gasteiger charge is 2.09. The second-order valence-electron chi connectivity index (χ2n) is 4.16. The van der Waals surface area contributed by atoms with Crippen molar-refractivity contribution in [1.29, 1.82) is 0 Å². The molecule has 0 rings (SSSR count). The molecule has 0 bridgehead atoms. The first-order valence-corrected chi connectivity index (χ1v) is 11.1. The molecule has 0 radical (unpaired) electrons. The SMILES string of the molecule is C=CCS(=O)(=O)C/C=C\SS(=O)(=O)CCCCCC. The average Bonchev–Trinajstić information content (AvgIpc) is 2.30. The van der Waals surface area contributed by atoms with Gasteiger partial charge in [0.05, 0.1) is 17.3 Å². The third kappa shape index (κ3) is 11.3. The van der Waals surface area contributed by atoms with Crippen LogP contribution in [-0.4, -0.2) is 34.1 Å². The number of unbranched alkanes of at least 4 members (excludes halogenated alkanes) is 3. The zero-order valence-electron chi connectivity index (χ0n) is 11.2. The summed E-state index contributed by atoms with van der Waals surface area (Å²) in [5.74, 6) is -0.107. The normalized spacial score (nSPS) is 12.9. The summed E-state index contributed by atoms with van der Waals surface area (Å²) in [7, 11) is -5.67. The molecule has 0 aliphatic carbocycles. The van der Waals surface area contributed by atoms with Gasteiger partial charge >= 0.3 is 0 Å². The first kappa shape index (κ1) is 18.7. The lowest BCUT2D eigenvalue weighted by atomic mass is 10.2. The Morgan fingerprint density at radius 1 is 1.05 bits per heavy atom. The minimum Gasteiger partial charge on any atom is -0.228 e. The molecule has 0 aromatic carbocycles. The molecule has 0 heterocycles. The van der Waals surface area contributed by atoms with Crippen molar-refractivity contribution < 1.29 is 16.8 Å². The van der Waals surface area contributed by atoms with E-state index in [2.05, 4.69) is 13.5 Å². The lowest BCUT2D eigenvalue weighted by Crippen LogP contribution is -2.07. The van der Waals surface area contributed by atoms with Crippen LogP contribution in [0.1, 0.15) is 32.6 Å². The molecule has 0 aliphatic heterocycles. The zero-order valence-corrected chi connectivity index (χ0v) is 13.7. The summed E-state index contributed by atoms with van der Waals surface area (Å²) in [5, 5.41) is 1.34. The van der Waals surface area contributed by atoms with Crippen LogP contribution >= 0.6 is 10.8 Å². The van der Waals surface area contributed by atoms with Crippen LogP contribution in [0.5, 0.6) is 0 Å². The van der Waals surface area contributed by atoms with Crippen LogP contribution in [0, 0.1) is 0 Å². The summed E-state index contributed by atoms with van der Waals surface area (Å²) in [6.07, 6.45) is 6.36. The number of hydrogen-bond donors (Lipinski definition) is 0. The standard InChI is InChI=1S/C12H22O4S3/c1-3-5-6-7-12-19(15,16)17-9-8-11-18(13,14)10-4-2/h4,8-9H,2-3,5-7,10-12H2,1H3/b9-8-. The van der Waals surface area contributed by atoms with E-state index in [0.29, 0.717) is 17.2 Å². The Kier molecular flexibility index (Phi) is 9.47. The highest BCUT2D eigenvalue weighted by molar-refractivity contribution is 8.73. The Balaban J connectivity index is 4.06. The maximum Gasteiger partial charge on any atom is 0.205 e. The van der Waals surface area contributed by atoms with Gasteiger partial charge in [0, 0.05) is 0 Å². The third-order valence-corrected chi connectivity index (χ3v) is 6.81. The van der Waals surface area contributed by atoms with Crippen LogP contribution in [0.25, 0.3) is 0 Å². The molecule has 19 heavy (non-hydrogen) atoms. The van der Waals surface area contributed by atoms with Gasteiger partial charge in [-0.3, -0.25) is 0 Å². The van der Waals surface area contributed by atoms with Gasteiger partial charge in [-0.2, -0.15) is 0 Å². The fraction of sp³-hybridized carbons (Fsp3) is 0.667. The highest BCUT2D eigenvalue weighted by Crippen LogP contribution is 2.17. The van der Waals surface area contributed by atoms with Gasteiger partial charge in [-0.25, -0.2) is 16.8 Å². The zero-order chi connectivity index (χ0) is 14.8. The van der Waals surface area contributed by atoms with Gasteiger partial charge in [0.2, 0.25) is 8.87 Å². The second-order valence-corrected chi connectivity index (χ2v) is 10.4. The Labute approximate surface area is 120 Å². The van der Waals surface area contributed by atoms with Crippen molar-refractivity contribution in [3.63, 3.8) is 0 Å². The lowest BCUT2D eigenvalue weighted by molar-refractivity contribution is 0.600. The fourth-order valence-electron chi connectivity index (χ4n) is 1.31. The molecular formula is C12H22O4S3. The quantitative estimate of drug-likeness (QED) is 0.332. The van der Waals surface area contributed by atoms with Crippen molar-refractivity contribution in [3.8, 4) is 0 Å². The Bertz CT molecular complexity index is 475. The summed E-state index contributed by atoms with van der Waals surface area (Å²) in [4.78, 5) is 0. The monoisotopic (exact) mass is 326 g/mol. The molecule has 0 aromatic heterocycles. The molecule has 0 saturated carbocycles. The summed E-state index contributed by atoms with van der Waals surface area (Å²) in [6, 6.07) is 0. The van der Waals surface area contributed by atoms with E-state index in [1.54, 1.807) is 0 Å². The highest BCUT2D eigenvalue weighted by atomic mass is 33.1. The fourth-order valence-corrected chi connectivity index (χ4v) is 4.70. The molecule has 4 nitrogen and oxygen atoms in total. The minimum absolute atomic E-state index is 0.0915. The molecule has 0 fully saturated rings. The number of rotatable bonds is 11. The van der Waals surface area contributed by atoms with Crippen LogP contribution in [-0.2, 0) is 18.7 Å². The number of hydrogen-bond acceptors (Lipinski definition) is 5. The van der Waals surface area contributed by atoms with E-state index >= 15 is 0 Å². The molecule has 0 unspecified atom stereocenters. The predicted molar refractivity (Wildman–Crippen MR) is 83.5 cm³/mol. The first-order valence-electron chi connectivity index (χ1n) is 6.20. The van der Waals surface area contributed by atoms with Gasteiger partial charge in [-0.1, -0.05) is 38.3 Å². The van der Waals surface area contributed by atoms with Crippen molar-refractivity contribution in [2.45, 2.75) is 32.6 Å². The van der Waals surface area contributed by atoms with Gasteiger partial charge in [0.25, 0.3) is 0 Å². The summed E-state index contributed by atoms with van der Waals surface area (Å²) in [6.45, 7) is 5.42. The molecule has 0 spiro atoms. The largest absolute Gasteiger partial charge is 0.228 e. The summed E-state index contributed by atoms with van der Waals surface area (Å²) < 4.78 is 45.8. The van der Waals surface area contributed by atoms with Gasteiger partial charge < -0.3 is 0 Å². The van der Waals surface area contributed by atoms with Crippen molar-refractivity contribution in [2.24, 2.45) is 0 Å². The Morgan fingerprint density at radius 2 is 1.74 bits per heavy atom. The van der Waals surface area contributed by atoms with Crippen molar-refractivity contribution >= 4 is 29.5 Å². The van der Waals surface area contributed by atoms with Crippen LogP contribution in [0.15, 0.2) is 24.1 Å². The molecule has 0 atom stereocenters. The van der Waals surface area contributed by atoms with E-state index in [1.807, 2.05) is 0 Å². The Morgan fingerprint density at radius 3 is 2.32 bits per heavy atom. The smallest absolute Gasteiger partial charge is 0.205 e. The molecular weight excluding hydrogens is 304 g/mol. The maximum absolute atomic E-state index is 11.6. The van der Waals surface area contributed by atoms with E-state index in [1.165, 1.54) is 17.6 Å². The second kappa shape index (κ2) is 9.61. The van der Waals surface area contributed by atoms with E-state index in [9.17, 15) is 16.8 Å². The maximum atomic E-state index is 11.6. The van der Waals surface area contributed by atoms with Gasteiger partial charge in [0.15, 0.2) is 9.84 Å². The molecule has 112 valence electrons. The van der Waals surface area contributed by atoms with E-state index < -0.39 is 18.7 Å². The molecule has 7 heteroatoms. The molecule has 0 aromatic rings. The molecule has 0 N–H and O–H groups in total. The van der Waals surface area contributed by atoms with Crippen molar-refractivity contribution in [2.75, 3.05) is 17.3 Å². The van der Waals surface area contributed by atoms with Gasteiger partial charge in [-0.15, -0.1) is 6.58 Å². The van der Waals surface area contributed by atoms with Gasteiger partial charge in [-0.05, 0) is 22.6 Å². The lowest BCUT2D eigenvalue weighted by Gasteiger charge is -2.00. The van der Waals surface area contributed by atoms with Crippen LogP contribution in [0.4, 0.5) is 0 Å². The van der Waals surface area contributed by atoms with E-state index in [-0.39, 0.29) is 17.3 Å². The van der Waals surface area contributed by atoms with Crippen molar-refractivity contribution in [3.05, 3.63) is 24.1 Å². The van der Waals surface area contributed by atoms with Gasteiger partial charge in [0.1, 0.15) is 0 Å². The van der Waals surface area contributed by atoms with Crippen LogP contribution in [0.2, 0.25) is 0 Å². The summed E-state index contributed by atoms with van der Waals surface area (Å²) in [5.41, 5.74) is 0. The third-order valence-electron chi connectivity index (χ3n) is 2.27. The van der Waals surface area contributed by atoms with E-state index in [0.717, 1.165) is 19.3 Å². The molecule has 0 amide bonds. The van der Waals surface area contributed by atoms with E-state index in [4.69, 9.17) is 0 Å². The Hall–Kier alpha value is -0.270. The van der Waals surface area contributed by atoms with Crippen molar-refractivity contribution in [1.82, 2.24) is 0 Å². The first-order chi connectivity index (χ1) is 8.83. The summed E-state index contributed by atoms with van der Waals surface area (Å²) >= 11 is 0. The van der Waals surface area contributed by atoms with Crippen LogP contribution in [0.3, 0.4) is 0 Å². The molecule has 0 aliphatic rings. The average molecular weight is 327 g/mol. The van der Waals surface area contributed by atoms with Crippen LogP contribution < -0.4 is 0 Å². The molecule has 0 saturated heterocycles. The minimum atomic E-state index is -3.19.